The maximum absolute atomic E-state index is 11.8. The van der Waals surface area contributed by atoms with Crippen molar-refractivity contribution >= 4 is 0 Å². The first-order valence-corrected chi connectivity index (χ1v) is 7.85. The van der Waals surface area contributed by atoms with E-state index in [-0.39, 0.29) is 11.2 Å². The highest BCUT2D eigenvalue weighted by Crippen LogP contribution is 2.20. The molecule has 1 aromatic heterocycles. The average Bonchev–Trinajstić information content (AvgIpc) is 2.57. The number of hydrogen-bond acceptors (Lipinski definition) is 4. The molecule has 1 aromatic carbocycles. The number of para-hydroxylation sites is 1. The second-order valence-electron chi connectivity index (χ2n) is 5.42. The second-order valence-corrected chi connectivity index (χ2v) is 5.42. The van der Waals surface area contributed by atoms with Crippen molar-refractivity contribution in [2.45, 2.75) is 26.9 Å². The molecule has 2 aromatic rings. The van der Waals surface area contributed by atoms with Crippen molar-refractivity contribution in [1.82, 2.24) is 9.47 Å². The van der Waals surface area contributed by atoms with E-state index in [9.17, 15) is 9.90 Å². The minimum atomic E-state index is -0.344. The summed E-state index contributed by atoms with van der Waals surface area (Å²) in [5.74, 6) is 0.558. The maximum atomic E-state index is 11.8. The van der Waals surface area contributed by atoms with Crippen LogP contribution in [0.4, 0.5) is 0 Å². The SMILES string of the molecule is CCN(CC)Cc1cc(=O)c(O)cn1Cc1ccccc1OC. The fourth-order valence-electron chi connectivity index (χ4n) is 2.58. The number of nitrogens with zero attached hydrogens (tertiary/aromatic N) is 2. The fourth-order valence-corrected chi connectivity index (χ4v) is 2.58. The largest absolute Gasteiger partial charge is 0.503 e. The van der Waals surface area contributed by atoms with Crippen LogP contribution in [0.1, 0.15) is 25.1 Å². The summed E-state index contributed by atoms with van der Waals surface area (Å²) >= 11 is 0. The molecule has 0 fully saturated rings. The zero-order valence-corrected chi connectivity index (χ0v) is 14.0. The van der Waals surface area contributed by atoms with Crippen LogP contribution in [0.2, 0.25) is 0 Å². The third-order valence-electron chi connectivity index (χ3n) is 4.01. The van der Waals surface area contributed by atoms with Crippen LogP contribution in [0, 0.1) is 0 Å². The van der Waals surface area contributed by atoms with Crippen LogP contribution in [0.5, 0.6) is 11.5 Å². The number of ether oxygens (including phenoxy) is 1. The normalized spacial score (nSPS) is 11.0. The Kier molecular flexibility index (Phi) is 5.82. The summed E-state index contributed by atoms with van der Waals surface area (Å²) in [6, 6.07) is 9.27. The molecule has 0 bridgehead atoms. The van der Waals surface area contributed by atoms with Crippen molar-refractivity contribution in [2.24, 2.45) is 0 Å². The van der Waals surface area contributed by atoms with Gasteiger partial charge in [0.2, 0.25) is 5.43 Å². The van der Waals surface area contributed by atoms with Gasteiger partial charge in [-0.25, -0.2) is 0 Å². The van der Waals surface area contributed by atoms with Crippen LogP contribution >= 0.6 is 0 Å². The van der Waals surface area contributed by atoms with E-state index in [0.717, 1.165) is 30.1 Å². The Morgan fingerprint density at radius 2 is 1.91 bits per heavy atom. The van der Waals surface area contributed by atoms with E-state index in [0.29, 0.717) is 13.1 Å². The van der Waals surface area contributed by atoms with Crippen molar-refractivity contribution in [3.8, 4) is 11.5 Å². The lowest BCUT2D eigenvalue weighted by atomic mass is 10.2. The second kappa shape index (κ2) is 7.83. The minimum Gasteiger partial charge on any atom is -0.503 e. The molecular weight excluding hydrogens is 292 g/mol. The highest BCUT2D eigenvalue weighted by atomic mass is 16.5. The Hall–Kier alpha value is -2.27. The number of hydrogen-bond donors (Lipinski definition) is 1. The number of benzene rings is 1. The summed E-state index contributed by atoms with van der Waals surface area (Å²) in [7, 11) is 1.64. The molecule has 5 heteroatoms. The molecule has 0 unspecified atom stereocenters. The molecule has 5 nitrogen and oxygen atoms in total. The highest BCUT2D eigenvalue weighted by Gasteiger charge is 2.11. The van der Waals surface area contributed by atoms with E-state index in [1.165, 1.54) is 12.3 Å². The van der Waals surface area contributed by atoms with Crippen molar-refractivity contribution in [3.63, 3.8) is 0 Å². The lowest BCUT2D eigenvalue weighted by Gasteiger charge is -2.22. The molecule has 0 amide bonds. The van der Waals surface area contributed by atoms with E-state index in [2.05, 4.69) is 18.7 Å². The van der Waals surface area contributed by atoms with Gasteiger partial charge in [0.15, 0.2) is 5.75 Å². The van der Waals surface area contributed by atoms with E-state index in [4.69, 9.17) is 4.74 Å². The third-order valence-corrected chi connectivity index (χ3v) is 4.01. The average molecular weight is 316 g/mol. The van der Waals surface area contributed by atoms with Gasteiger partial charge in [-0.1, -0.05) is 32.0 Å². The smallest absolute Gasteiger partial charge is 0.223 e. The zero-order chi connectivity index (χ0) is 16.8. The van der Waals surface area contributed by atoms with Crippen LogP contribution < -0.4 is 10.2 Å². The molecule has 0 saturated heterocycles. The first kappa shape index (κ1) is 17.1. The van der Waals surface area contributed by atoms with Gasteiger partial charge in [-0.15, -0.1) is 0 Å². The molecule has 0 aliphatic carbocycles. The van der Waals surface area contributed by atoms with Gasteiger partial charge in [0, 0.05) is 23.9 Å². The molecule has 124 valence electrons. The lowest BCUT2D eigenvalue weighted by molar-refractivity contribution is 0.286. The summed E-state index contributed by atoms with van der Waals surface area (Å²) in [4.78, 5) is 14.0. The first-order valence-electron chi connectivity index (χ1n) is 7.85. The summed E-state index contributed by atoms with van der Waals surface area (Å²) in [6.45, 7) is 7.19. The molecule has 0 saturated carbocycles. The van der Waals surface area contributed by atoms with Gasteiger partial charge < -0.3 is 14.4 Å². The number of pyridine rings is 1. The van der Waals surface area contributed by atoms with E-state index in [1.54, 1.807) is 7.11 Å². The topological polar surface area (TPSA) is 54.7 Å². The van der Waals surface area contributed by atoms with Crippen molar-refractivity contribution < 1.29 is 9.84 Å². The van der Waals surface area contributed by atoms with Crippen molar-refractivity contribution in [1.29, 1.82) is 0 Å². The molecule has 1 heterocycles. The van der Waals surface area contributed by atoms with Crippen LogP contribution in [-0.4, -0.2) is 34.8 Å². The van der Waals surface area contributed by atoms with E-state index in [1.807, 2.05) is 28.8 Å². The monoisotopic (exact) mass is 316 g/mol. The number of methoxy groups -OCH3 is 1. The van der Waals surface area contributed by atoms with Crippen LogP contribution in [-0.2, 0) is 13.1 Å². The van der Waals surface area contributed by atoms with E-state index < -0.39 is 0 Å². The van der Waals surface area contributed by atoms with Gasteiger partial charge in [0.1, 0.15) is 5.75 Å². The Morgan fingerprint density at radius 1 is 1.22 bits per heavy atom. The molecule has 0 aliphatic heterocycles. The van der Waals surface area contributed by atoms with Gasteiger partial charge in [0.05, 0.1) is 19.9 Å². The molecule has 0 atom stereocenters. The summed E-state index contributed by atoms with van der Waals surface area (Å²) in [5.41, 5.74) is 1.53. The van der Waals surface area contributed by atoms with Gasteiger partial charge in [-0.05, 0) is 19.2 Å². The minimum absolute atomic E-state index is 0.233. The van der Waals surface area contributed by atoms with Gasteiger partial charge >= 0.3 is 0 Å². The molecule has 0 radical (unpaired) electrons. The predicted molar refractivity (Wildman–Crippen MR) is 91.1 cm³/mol. The molecule has 0 aliphatic rings. The summed E-state index contributed by atoms with van der Waals surface area (Å²) in [6.07, 6.45) is 1.51. The zero-order valence-electron chi connectivity index (χ0n) is 14.0. The molecule has 0 spiro atoms. The Bertz CT molecular complexity index is 706. The summed E-state index contributed by atoms with van der Waals surface area (Å²) < 4.78 is 7.30. The quantitative estimate of drug-likeness (QED) is 0.852. The number of aromatic nitrogens is 1. The predicted octanol–water partition coefficient (Wildman–Crippen LogP) is 2.45. The van der Waals surface area contributed by atoms with E-state index >= 15 is 0 Å². The fraction of sp³-hybridized carbons (Fsp3) is 0.389. The standard InChI is InChI=1S/C18H24N2O3/c1-4-19(5-2)12-15-10-16(21)17(22)13-20(15)11-14-8-6-7-9-18(14)23-3/h6-10,13,22H,4-5,11-12H2,1-3H3. The molecule has 1 N–H and O–H groups in total. The van der Waals surface area contributed by atoms with Gasteiger partial charge in [-0.3, -0.25) is 9.69 Å². The Balaban J connectivity index is 2.40. The number of rotatable bonds is 7. The Morgan fingerprint density at radius 3 is 2.57 bits per heavy atom. The van der Waals surface area contributed by atoms with Crippen molar-refractivity contribution in [3.05, 3.63) is 58.0 Å². The van der Waals surface area contributed by atoms with Gasteiger partial charge in [0.25, 0.3) is 0 Å². The Labute approximate surface area is 136 Å². The molecule has 2 rings (SSSR count). The highest BCUT2D eigenvalue weighted by molar-refractivity contribution is 5.34. The van der Waals surface area contributed by atoms with Crippen LogP contribution in [0.25, 0.3) is 0 Å². The van der Waals surface area contributed by atoms with Gasteiger partial charge in [-0.2, -0.15) is 0 Å². The first-order chi connectivity index (χ1) is 11.1. The molecule has 23 heavy (non-hydrogen) atoms. The summed E-state index contributed by atoms with van der Waals surface area (Å²) in [5, 5.41) is 9.80. The van der Waals surface area contributed by atoms with Crippen LogP contribution in [0.3, 0.4) is 0 Å². The maximum Gasteiger partial charge on any atom is 0.223 e. The molecular formula is C18H24N2O3. The lowest BCUT2D eigenvalue weighted by Crippen LogP contribution is -2.26. The van der Waals surface area contributed by atoms with Crippen LogP contribution in [0.15, 0.2) is 41.3 Å². The van der Waals surface area contributed by atoms with Crippen molar-refractivity contribution in [2.75, 3.05) is 20.2 Å². The third kappa shape index (κ3) is 4.13. The number of aromatic hydroxyl groups is 1.